The van der Waals surface area contributed by atoms with Gasteiger partial charge in [-0.3, -0.25) is 0 Å². The van der Waals surface area contributed by atoms with E-state index in [1.807, 2.05) is 0 Å². The highest BCUT2D eigenvalue weighted by Crippen LogP contribution is 2.30. The monoisotopic (exact) mass is 339 g/mol. The molecule has 0 aliphatic carbocycles. The Bertz CT molecular complexity index is 592. The number of ether oxygens (including phenoxy) is 2. The molecule has 1 aliphatic heterocycles. The number of thiophene rings is 1. The molecule has 1 atom stereocenters. The van der Waals surface area contributed by atoms with Crippen molar-refractivity contribution in [1.29, 1.82) is 0 Å². The molecule has 2 rings (SSSR count). The zero-order chi connectivity index (χ0) is 14.8. The maximum atomic E-state index is 12.2. The van der Waals surface area contributed by atoms with Crippen LogP contribution in [0.3, 0.4) is 0 Å². The Kier molecular flexibility index (Phi) is 5.03. The molecule has 0 radical (unpaired) electrons. The smallest absolute Gasteiger partial charge is 0.349 e. The molecule has 20 heavy (non-hydrogen) atoms. The van der Waals surface area contributed by atoms with E-state index in [2.05, 4.69) is 9.46 Å². The molecular formula is C11H14ClNO5S2. The van der Waals surface area contributed by atoms with Gasteiger partial charge in [0.15, 0.2) is 0 Å². The Morgan fingerprint density at radius 2 is 2.40 bits per heavy atom. The fraction of sp³-hybridized carbons (Fsp3) is 0.545. The number of nitrogens with one attached hydrogen (secondary N) is 1. The lowest BCUT2D eigenvalue weighted by Gasteiger charge is -2.11. The third-order valence-corrected chi connectivity index (χ3v) is 5.67. The van der Waals surface area contributed by atoms with Gasteiger partial charge in [0.1, 0.15) is 9.77 Å². The molecule has 1 unspecified atom stereocenters. The third-order valence-electron chi connectivity index (χ3n) is 2.85. The molecule has 1 aromatic heterocycles. The van der Waals surface area contributed by atoms with Crippen LogP contribution in [-0.4, -0.2) is 40.8 Å². The van der Waals surface area contributed by atoms with Crippen molar-refractivity contribution >= 4 is 38.9 Å². The summed E-state index contributed by atoms with van der Waals surface area (Å²) < 4.78 is 37.0. The summed E-state index contributed by atoms with van der Waals surface area (Å²) in [6.45, 7) is 0.820. The molecule has 0 bridgehead atoms. The topological polar surface area (TPSA) is 81.7 Å². The first-order valence-corrected chi connectivity index (χ1v) is 8.60. The number of hydrogen-bond acceptors (Lipinski definition) is 6. The Morgan fingerprint density at radius 3 is 3.00 bits per heavy atom. The van der Waals surface area contributed by atoms with Crippen LogP contribution in [0.5, 0.6) is 0 Å². The molecular weight excluding hydrogens is 326 g/mol. The number of rotatable bonds is 5. The predicted octanol–water partition coefficient (Wildman–Crippen LogP) is 1.65. The Balaban J connectivity index is 2.18. The van der Waals surface area contributed by atoms with Crippen LogP contribution < -0.4 is 4.72 Å². The zero-order valence-electron chi connectivity index (χ0n) is 10.7. The SMILES string of the molecule is COC(=O)c1sc(Cl)cc1S(=O)(=O)NCC1CCCO1. The van der Waals surface area contributed by atoms with E-state index >= 15 is 0 Å². The van der Waals surface area contributed by atoms with E-state index in [9.17, 15) is 13.2 Å². The maximum absolute atomic E-state index is 12.2. The van der Waals surface area contributed by atoms with Crippen LogP contribution in [0, 0.1) is 0 Å². The average molecular weight is 340 g/mol. The number of carbonyl (C=O) groups is 1. The molecule has 112 valence electrons. The molecule has 0 amide bonds. The number of halogens is 1. The first kappa shape index (κ1) is 15.7. The van der Waals surface area contributed by atoms with Gasteiger partial charge in [0, 0.05) is 13.2 Å². The number of sulfonamides is 1. The molecule has 2 heterocycles. The number of carbonyl (C=O) groups excluding carboxylic acids is 1. The van der Waals surface area contributed by atoms with Gasteiger partial charge in [-0.2, -0.15) is 0 Å². The highest BCUT2D eigenvalue weighted by atomic mass is 35.5. The van der Waals surface area contributed by atoms with Crippen molar-refractivity contribution in [1.82, 2.24) is 4.72 Å². The molecule has 0 saturated carbocycles. The minimum Gasteiger partial charge on any atom is -0.465 e. The van der Waals surface area contributed by atoms with Crippen LogP contribution >= 0.6 is 22.9 Å². The summed E-state index contributed by atoms with van der Waals surface area (Å²) in [4.78, 5) is 11.4. The second-order valence-electron chi connectivity index (χ2n) is 4.22. The van der Waals surface area contributed by atoms with Crippen molar-refractivity contribution in [3.63, 3.8) is 0 Å². The highest BCUT2D eigenvalue weighted by Gasteiger charge is 2.27. The lowest BCUT2D eigenvalue weighted by Crippen LogP contribution is -2.32. The van der Waals surface area contributed by atoms with Crippen molar-refractivity contribution in [2.24, 2.45) is 0 Å². The lowest BCUT2D eigenvalue weighted by atomic mass is 10.2. The van der Waals surface area contributed by atoms with E-state index in [1.54, 1.807) is 0 Å². The molecule has 1 aromatic rings. The van der Waals surface area contributed by atoms with Crippen LogP contribution in [0.1, 0.15) is 22.5 Å². The summed E-state index contributed by atoms with van der Waals surface area (Å²) in [5.41, 5.74) is 0. The summed E-state index contributed by atoms with van der Waals surface area (Å²) >= 11 is 6.67. The van der Waals surface area contributed by atoms with Crippen LogP contribution in [0.2, 0.25) is 4.34 Å². The summed E-state index contributed by atoms with van der Waals surface area (Å²) in [5.74, 6) is -0.723. The number of methoxy groups -OCH3 is 1. The van der Waals surface area contributed by atoms with E-state index < -0.39 is 16.0 Å². The molecule has 1 aliphatic rings. The first-order chi connectivity index (χ1) is 9.44. The van der Waals surface area contributed by atoms with E-state index in [0.29, 0.717) is 6.61 Å². The number of hydrogen-bond donors (Lipinski definition) is 1. The molecule has 9 heteroatoms. The molecule has 1 fully saturated rings. The highest BCUT2D eigenvalue weighted by molar-refractivity contribution is 7.89. The molecule has 0 spiro atoms. The largest absolute Gasteiger partial charge is 0.465 e. The van der Waals surface area contributed by atoms with Crippen molar-refractivity contribution < 1.29 is 22.7 Å². The van der Waals surface area contributed by atoms with Gasteiger partial charge in [-0.05, 0) is 18.9 Å². The van der Waals surface area contributed by atoms with Gasteiger partial charge < -0.3 is 9.47 Å². The van der Waals surface area contributed by atoms with Crippen LogP contribution in [-0.2, 0) is 19.5 Å². The summed E-state index contributed by atoms with van der Waals surface area (Å²) in [5, 5.41) is 0. The minimum atomic E-state index is -3.82. The summed E-state index contributed by atoms with van der Waals surface area (Å²) in [7, 11) is -2.63. The predicted molar refractivity (Wildman–Crippen MR) is 74.8 cm³/mol. The van der Waals surface area contributed by atoms with Gasteiger partial charge in [0.2, 0.25) is 10.0 Å². The molecule has 6 nitrogen and oxygen atoms in total. The maximum Gasteiger partial charge on any atom is 0.349 e. The zero-order valence-corrected chi connectivity index (χ0v) is 13.1. The summed E-state index contributed by atoms with van der Waals surface area (Å²) in [6, 6.07) is 1.25. The normalized spacial score (nSPS) is 19.2. The van der Waals surface area contributed by atoms with Gasteiger partial charge in [-0.1, -0.05) is 11.6 Å². The Hall–Kier alpha value is -0.670. The van der Waals surface area contributed by atoms with Gasteiger partial charge in [-0.25, -0.2) is 17.9 Å². The number of esters is 1. The Morgan fingerprint density at radius 1 is 1.65 bits per heavy atom. The minimum absolute atomic E-state index is 0.0302. The van der Waals surface area contributed by atoms with Gasteiger partial charge in [0.25, 0.3) is 0 Å². The van der Waals surface area contributed by atoms with E-state index in [1.165, 1.54) is 13.2 Å². The van der Waals surface area contributed by atoms with E-state index in [4.69, 9.17) is 16.3 Å². The fourth-order valence-corrected chi connectivity index (χ4v) is 4.66. The van der Waals surface area contributed by atoms with Crippen molar-refractivity contribution in [2.75, 3.05) is 20.3 Å². The van der Waals surface area contributed by atoms with Crippen molar-refractivity contribution in [3.05, 3.63) is 15.3 Å². The fourth-order valence-electron chi connectivity index (χ4n) is 1.87. The molecule has 1 saturated heterocycles. The standard InChI is InChI=1S/C11H14ClNO5S2/c1-17-11(14)10-8(5-9(12)19-10)20(15,16)13-6-7-3-2-4-18-7/h5,7,13H,2-4,6H2,1H3. The average Bonchev–Trinajstić information content (AvgIpc) is 3.04. The van der Waals surface area contributed by atoms with E-state index in [-0.39, 0.29) is 26.8 Å². The summed E-state index contributed by atoms with van der Waals surface area (Å²) in [6.07, 6.45) is 1.61. The first-order valence-electron chi connectivity index (χ1n) is 5.93. The van der Waals surface area contributed by atoms with Gasteiger partial charge in [0.05, 0.1) is 17.6 Å². The van der Waals surface area contributed by atoms with Crippen molar-refractivity contribution in [3.8, 4) is 0 Å². The van der Waals surface area contributed by atoms with Crippen molar-refractivity contribution in [2.45, 2.75) is 23.8 Å². The third kappa shape index (κ3) is 3.50. The van der Waals surface area contributed by atoms with Gasteiger partial charge in [-0.15, -0.1) is 11.3 Å². The van der Waals surface area contributed by atoms with E-state index in [0.717, 1.165) is 24.2 Å². The second kappa shape index (κ2) is 6.40. The lowest BCUT2D eigenvalue weighted by molar-refractivity contribution is 0.0602. The van der Waals surface area contributed by atoms with Crippen LogP contribution in [0.25, 0.3) is 0 Å². The van der Waals surface area contributed by atoms with Crippen LogP contribution in [0.4, 0.5) is 0 Å². The second-order valence-corrected chi connectivity index (χ2v) is 7.64. The van der Waals surface area contributed by atoms with Gasteiger partial charge >= 0.3 is 5.97 Å². The van der Waals surface area contributed by atoms with Crippen LogP contribution in [0.15, 0.2) is 11.0 Å². The quantitative estimate of drug-likeness (QED) is 0.825. The molecule has 1 N–H and O–H groups in total. The Labute approximate surface area is 126 Å². The molecule has 0 aromatic carbocycles.